The monoisotopic (exact) mass is 263 g/mol. The number of nitrogens with zero attached hydrogens (tertiary/aromatic N) is 2. The number of benzene rings is 1. The van der Waals surface area contributed by atoms with Gasteiger partial charge >= 0.3 is 0 Å². The molecule has 0 aromatic heterocycles. The molecule has 19 heavy (non-hydrogen) atoms. The van der Waals surface area contributed by atoms with E-state index < -0.39 is 5.82 Å². The number of nitriles is 1. The average Bonchev–Trinajstić information content (AvgIpc) is 2.36. The molecule has 0 radical (unpaired) electrons. The Labute approximate surface area is 112 Å². The molecular formula is C14H18FN3O. The Bertz CT molecular complexity index is 494. The van der Waals surface area contributed by atoms with Crippen molar-refractivity contribution in [3.8, 4) is 6.07 Å². The van der Waals surface area contributed by atoms with Crippen molar-refractivity contribution in [2.24, 2.45) is 5.73 Å². The molecule has 1 aromatic carbocycles. The number of carbonyl (C=O) groups is 1. The standard InChI is InChI=1S/C14H18FN3O/c1-3-18(14(19)6-10(2)17)9-12-5-4-11(8-16)7-13(12)15/h4-5,7,10H,3,6,9,17H2,1-2H3. The summed E-state index contributed by atoms with van der Waals surface area (Å²) in [6.07, 6.45) is 0.242. The molecule has 1 amide bonds. The summed E-state index contributed by atoms with van der Waals surface area (Å²) in [5.74, 6) is -0.563. The predicted octanol–water partition coefficient (Wildman–Crippen LogP) is 1.78. The Morgan fingerprint density at radius 1 is 1.58 bits per heavy atom. The molecule has 0 bridgehead atoms. The molecule has 5 heteroatoms. The lowest BCUT2D eigenvalue weighted by Gasteiger charge is -2.22. The molecule has 1 atom stereocenters. The van der Waals surface area contributed by atoms with Gasteiger partial charge in [-0.2, -0.15) is 5.26 Å². The fourth-order valence-corrected chi connectivity index (χ4v) is 1.73. The lowest BCUT2D eigenvalue weighted by Crippen LogP contribution is -2.34. The molecule has 0 aliphatic heterocycles. The third kappa shape index (κ3) is 4.34. The van der Waals surface area contributed by atoms with Crippen molar-refractivity contribution in [3.05, 3.63) is 35.1 Å². The summed E-state index contributed by atoms with van der Waals surface area (Å²) in [5.41, 5.74) is 6.26. The first-order valence-corrected chi connectivity index (χ1v) is 6.19. The fraction of sp³-hybridized carbons (Fsp3) is 0.429. The molecule has 0 spiro atoms. The summed E-state index contributed by atoms with van der Waals surface area (Å²) in [4.78, 5) is 13.4. The van der Waals surface area contributed by atoms with E-state index in [1.807, 2.05) is 13.0 Å². The van der Waals surface area contributed by atoms with Crippen LogP contribution < -0.4 is 5.73 Å². The van der Waals surface area contributed by atoms with Crippen molar-refractivity contribution < 1.29 is 9.18 Å². The zero-order chi connectivity index (χ0) is 14.4. The smallest absolute Gasteiger partial charge is 0.224 e. The SMILES string of the molecule is CCN(Cc1ccc(C#N)cc1F)C(=O)CC(C)N. The number of halogens is 1. The van der Waals surface area contributed by atoms with Gasteiger partial charge in [0.2, 0.25) is 5.91 Å². The Morgan fingerprint density at radius 2 is 2.26 bits per heavy atom. The maximum absolute atomic E-state index is 13.7. The van der Waals surface area contributed by atoms with Crippen molar-refractivity contribution in [2.75, 3.05) is 6.54 Å². The van der Waals surface area contributed by atoms with Crippen molar-refractivity contribution in [2.45, 2.75) is 32.9 Å². The number of amides is 1. The van der Waals surface area contributed by atoms with Gasteiger partial charge in [0.05, 0.1) is 11.6 Å². The van der Waals surface area contributed by atoms with Gasteiger partial charge in [-0.15, -0.1) is 0 Å². The third-order valence-corrected chi connectivity index (χ3v) is 2.77. The van der Waals surface area contributed by atoms with Crippen LogP contribution in [0.5, 0.6) is 0 Å². The van der Waals surface area contributed by atoms with E-state index in [0.717, 1.165) is 0 Å². The van der Waals surface area contributed by atoms with E-state index >= 15 is 0 Å². The van der Waals surface area contributed by atoms with Crippen molar-refractivity contribution in [1.29, 1.82) is 5.26 Å². The lowest BCUT2D eigenvalue weighted by molar-refractivity contribution is -0.131. The van der Waals surface area contributed by atoms with E-state index in [-0.39, 0.29) is 30.5 Å². The number of carbonyl (C=O) groups excluding carboxylic acids is 1. The maximum atomic E-state index is 13.7. The van der Waals surface area contributed by atoms with E-state index in [1.54, 1.807) is 17.9 Å². The van der Waals surface area contributed by atoms with Crippen LogP contribution in [0.15, 0.2) is 18.2 Å². The summed E-state index contributed by atoms with van der Waals surface area (Å²) >= 11 is 0. The van der Waals surface area contributed by atoms with E-state index in [2.05, 4.69) is 0 Å². The Balaban J connectivity index is 2.82. The molecule has 0 aliphatic rings. The number of rotatable bonds is 5. The van der Waals surface area contributed by atoms with Crippen LogP contribution in [0.3, 0.4) is 0 Å². The van der Waals surface area contributed by atoms with Crippen LogP contribution in [0.2, 0.25) is 0 Å². The van der Waals surface area contributed by atoms with E-state index in [4.69, 9.17) is 11.0 Å². The highest BCUT2D eigenvalue weighted by molar-refractivity contribution is 5.76. The second kappa shape index (κ2) is 6.86. The van der Waals surface area contributed by atoms with Crippen LogP contribution in [-0.4, -0.2) is 23.4 Å². The quantitative estimate of drug-likeness (QED) is 0.880. The topological polar surface area (TPSA) is 70.1 Å². The van der Waals surface area contributed by atoms with Crippen LogP contribution in [0.1, 0.15) is 31.4 Å². The number of hydrogen-bond acceptors (Lipinski definition) is 3. The second-order valence-corrected chi connectivity index (χ2v) is 4.51. The predicted molar refractivity (Wildman–Crippen MR) is 70.5 cm³/mol. The van der Waals surface area contributed by atoms with Gasteiger partial charge in [0.25, 0.3) is 0 Å². The first-order chi connectivity index (χ1) is 8.97. The van der Waals surface area contributed by atoms with Gasteiger partial charge in [0, 0.05) is 31.1 Å². The van der Waals surface area contributed by atoms with Crippen LogP contribution in [0.25, 0.3) is 0 Å². The van der Waals surface area contributed by atoms with E-state index in [0.29, 0.717) is 12.1 Å². The molecule has 0 fully saturated rings. The normalized spacial score (nSPS) is 11.7. The summed E-state index contributed by atoms with van der Waals surface area (Å²) in [6, 6.07) is 5.92. The molecular weight excluding hydrogens is 245 g/mol. The molecule has 4 nitrogen and oxygen atoms in total. The number of hydrogen-bond donors (Lipinski definition) is 1. The van der Waals surface area contributed by atoms with Crippen LogP contribution >= 0.6 is 0 Å². The Hall–Kier alpha value is -1.93. The van der Waals surface area contributed by atoms with Crippen molar-refractivity contribution in [1.82, 2.24) is 4.90 Å². The van der Waals surface area contributed by atoms with Gasteiger partial charge in [0.1, 0.15) is 5.82 Å². The largest absolute Gasteiger partial charge is 0.338 e. The molecule has 1 aromatic rings. The highest BCUT2D eigenvalue weighted by atomic mass is 19.1. The van der Waals surface area contributed by atoms with Crippen molar-refractivity contribution >= 4 is 5.91 Å². The highest BCUT2D eigenvalue weighted by Crippen LogP contribution is 2.13. The molecule has 0 saturated carbocycles. The van der Waals surface area contributed by atoms with E-state index in [1.165, 1.54) is 12.1 Å². The maximum Gasteiger partial charge on any atom is 0.224 e. The summed E-state index contributed by atoms with van der Waals surface area (Å²) in [5, 5.41) is 8.67. The first kappa shape index (κ1) is 15.1. The molecule has 0 saturated heterocycles. The molecule has 0 aliphatic carbocycles. The summed E-state index contributed by atoms with van der Waals surface area (Å²) < 4.78 is 13.7. The summed E-state index contributed by atoms with van der Waals surface area (Å²) in [6.45, 7) is 4.28. The van der Waals surface area contributed by atoms with Crippen LogP contribution in [0.4, 0.5) is 4.39 Å². The minimum absolute atomic E-state index is 0.0961. The molecule has 1 unspecified atom stereocenters. The Morgan fingerprint density at radius 3 is 2.74 bits per heavy atom. The van der Waals surface area contributed by atoms with Crippen LogP contribution in [0, 0.1) is 17.1 Å². The average molecular weight is 263 g/mol. The molecule has 102 valence electrons. The van der Waals surface area contributed by atoms with Gasteiger partial charge in [-0.05, 0) is 26.0 Å². The zero-order valence-corrected chi connectivity index (χ0v) is 11.2. The summed E-state index contributed by atoms with van der Waals surface area (Å²) in [7, 11) is 0. The van der Waals surface area contributed by atoms with Crippen molar-refractivity contribution in [3.63, 3.8) is 0 Å². The minimum atomic E-state index is -0.467. The van der Waals surface area contributed by atoms with E-state index in [9.17, 15) is 9.18 Å². The Kier molecular flexibility index (Phi) is 5.46. The van der Waals surface area contributed by atoms with Gasteiger partial charge in [-0.3, -0.25) is 4.79 Å². The molecule has 2 N–H and O–H groups in total. The lowest BCUT2D eigenvalue weighted by atomic mass is 10.1. The zero-order valence-electron chi connectivity index (χ0n) is 11.2. The molecule has 1 rings (SSSR count). The minimum Gasteiger partial charge on any atom is -0.338 e. The van der Waals surface area contributed by atoms with Gasteiger partial charge in [-0.25, -0.2) is 4.39 Å². The van der Waals surface area contributed by atoms with Gasteiger partial charge < -0.3 is 10.6 Å². The second-order valence-electron chi connectivity index (χ2n) is 4.51. The molecule has 0 heterocycles. The van der Waals surface area contributed by atoms with Gasteiger partial charge in [0.15, 0.2) is 0 Å². The van der Waals surface area contributed by atoms with Gasteiger partial charge in [-0.1, -0.05) is 6.07 Å². The highest BCUT2D eigenvalue weighted by Gasteiger charge is 2.15. The third-order valence-electron chi connectivity index (χ3n) is 2.77. The van der Waals surface area contributed by atoms with Crippen LogP contribution in [-0.2, 0) is 11.3 Å². The first-order valence-electron chi connectivity index (χ1n) is 6.19. The number of nitrogens with two attached hydrogens (primary N) is 1. The fourth-order valence-electron chi connectivity index (χ4n) is 1.73.